The third-order valence-corrected chi connectivity index (χ3v) is 2.58. The van der Waals surface area contributed by atoms with E-state index in [0.717, 1.165) is 12.5 Å². The van der Waals surface area contributed by atoms with Gasteiger partial charge >= 0.3 is 0 Å². The van der Waals surface area contributed by atoms with E-state index in [4.69, 9.17) is 5.26 Å². The molecule has 0 bridgehead atoms. The lowest BCUT2D eigenvalue weighted by Gasteiger charge is -2.06. The first kappa shape index (κ1) is 8.55. The van der Waals surface area contributed by atoms with Crippen molar-refractivity contribution in [2.75, 3.05) is 6.54 Å². The van der Waals surface area contributed by atoms with Crippen molar-refractivity contribution in [1.82, 2.24) is 5.32 Å². The first-order valence-corrected chi connectivity index (χ1v) is 4.19. The number of nitriles is 1. The van der Waals surface area contributed by atoms with Crippen LogP contribution in [0.15, 0.2) is 0 Å². The van der Waals surface area contributed by atoms with Crippen molar-refractivity contribution < 1.29 is 0 Å². The summed E-state index contributed by atoms with van der Waals surface area (Å²) in [5.74, 6) is 0.790. The van der Waals surface area contributed by atoms with Crippen LogP contribution in [0.1, 0.15) is 27.2 Å². The second kappa shape index (κ2) is 2.83. The fourth-order valence-corrected chi connectivity index (χ4v) is 1.29. The molecule has 2 heteroatoms. The zero-order valence-electron chi connectivity index (χ0n) is 7.52. The predicted molar refractivity (Wildman–Crippen MR) is 45.0 cm³/mol. The molecule has 0 aliphatic heterocycles. The quantitative estimate of drug-likeness (QED) is 0.665. The van der Waals surface area contributed by atoms with Gasteiger partial charge in [-0.05, 0) is 31.2 Å². The molecule has 2 atom stereocenters. The summed E-state index contributed by atoms with van der Waals surface area (Å²) >= 11 is 0. The average Bonchev–Trinajstić information content (AvgIpc) is 2.54. The Labute approximate surface area is 68.6 Å². The minimum atomic E-state index is 0.00593. The second-order valence-electron chi connectivity index (χ2n) is 4.15. The van der Waals surface area contributed by atoms with Gasteiger partial charge in [0.25, 0.3) is 0 Å². The normalized spacial score (nSPS) is 29.1. The van der Waals surface area contributed by atoms with Gasteiger partial charge in [-0.15, -0.1) is 0 Å². The molecule has 1 aliphatic carbocycles. The highest BCUT2D eigenvalue weighted by Gasteiger charge is 2.44. The summed E-state index contributed by atoms with van der Waals surface area (Å²) < 4.78 is 0. The van der Waals surface area contributed by atoms with Gasteiger partial charge in [0.2, 0.25) is 0 Å². The van der Waals surface area contributed by atoms with Crippen LogP contribution in [0.5, 0.6) is 0 Å². The molecular formula is C9H16N2. The SMILES string of the molecule is CC(C#N)NCC1CC1(C)C. The van der Waals surface area contributed by atoms with Crippen LogP contribution in [0.2, 0.25) is 0 Å². The molecule has 0 saturated heterocycles. The lowest BCUT2D eigenvalue weighted by atomic mass is 10.1. The van der Waals surface area contributed by atoms with Crippen molar-refractivity contribution in [3.63, 3.8) is 0 Å². The van der Waals surface area contributed by atoms with E-state index in [1.165, 1.54) is 6.42 Å². The van der Waals surface area contributed by atoms with Crippen molar-refractivity contribution in [1.29, 1.82) is 5.26 Å². The highest BCUT2D eigenvalue weighted by molar-refractivity contribution is 4.97. The van der Waals surface area contributed by atoms with Gasteiger partial charge in [0, 0.05) is 0 Å². The van der Waals surface area contributed by atoms with Crippen molar-refractivity contribution in [2.24, 2.45) is 11.3 Å². The maximum Gasteiger partial charge on any atom is 0.0924 e. The highest BCUT2D eigenvalue weighted by Crippen LogP contribution is 2.50. The van der Waals surface area contributed by atoms with Gasteiger partial charge in [0.1, 0.15) is 0 Å². The van der Waals surface area contributed by atoms with E-state index in [0.29, 0.717) is 5.41 Å². The van der Waals surface area contributed by atoms with Crippen molar-refractivity contribution in [3.05, 3.63) is 0 Å². The van der Waals surface area contributed by atoms with Crippen molar-refractivity contribution in [3.8, 4) is 6.07 Å². The van der Waals surface area contributed by atoms with E-state index in [2.05, 4.69) is 25.2 Å². The Morgan fingerprint density at radius 3 is 2.64 bits per heavy atom. The molecule has 0 aromatic heterocycles. The van der Waals surface area contributed by atoms with Crippen molar-refractivity contribution >= 4 is 0 Å². The van der Waals surface area contributed by atoms with Crippen LogP contribution >= 0.6 is 0 Å². The lowest BCUT2D eigenvalue weighted by molar-refractivity contribution is 0.508. The van der Waals surface area contributed by atoms with E-state index in [9.17, 15) is 0 Å². The van der Waals surface area contributed by atoms with Gasteiger partial charge in [-0.3, -0.25) is 0 Å². The summed E-state index contributed by atoms with van der Waals surface area (Å²) in [6.07, 6.45) is 1.30. The molecule has 0 heterocycles. The first-order chi connectivity index (χ1) is 5.06. The van der Waals surface area contributed by atoms with Gasteiger partial charge in [-0.25, -0.2) is 0 Å². The van der Waals surface area contributed by atoms with Crippen LogP contribution < -0.4 is 5.32 Å². The molecule has 1 fully saturated rings. The number of nitrogens with one attached hydrogen (secondary N) is 1. The minimum Gasteiger partial charge on any atom is -0.302 e. The summed E-state index contributed by atoms with van der Waals surface area (Å²) in [6, 6.07) is 2.17. The Morgan fingerprint density at radius 1 is 1.73 bits per heavy atom. The number of hydrogen-bond acceptors (Lipinski definition) is 2. The molecule has 62 valence electrons. The second-order valence-corrected chi connectivity index (χ2v) is 4.15. The van der Waals surface area contributed by atoms with Gasteiger partial charge < -0.3 is 5.32 Å². The molecule has 1 aliphatic rings. The molecule has 0 aromatic rings. The Bertz CT molecular complexity index is 178. The molecule has 1 rings (SSSR count). The fraction of sp³-hybridized carbons (Fsp3) is 0.889. The van der Waals surface area contributed by atoms with Crippen LogP contribution in [0.25, 0.3) is 0 Å². The van der Waals surface area contributed by atoms with E-state index in [1.807, 2.05) is 6.92 Å². The first-order valence-electron chi connectivity index (χ1n) is 4.19. The summed E-state index contributed by atoms with van der Waals surface area (Å²) in [6.45, 7) is 7.45. The number of rotatable bonds is 3. The van der Waals surface area contributed by atoms with Gasteiger partial charge in [-0.2, -0.15) is 5.26 Å². The topological polar surface area (TPSA) is 35.8 Å². The maximum absolute atomic E-state index is 8.49. The monoisotopic (exact) mass is 152 g/mol. The smallest absolute Gasteiger partial charge is 0.0924 e. The maximum atomic E-state index is 8.49. The van der Waals surface area contributed by atoms with Crippen LogP contribution in [0, 0.1) is 22.7 Å². The summed E-state index contributed by atoms with van der Waals surface area (Å²) in [5.41, 5.74) is 0.530. The Balaban J connectivity index is 2.12. The third kappa shape index (κ3) is 2.20. The van der Waals surface area contributed by atoms with E-state index in [-0.39, 0.29) is 6.04 Å². The lowest BCUT2D eigenvalue weighted by Crippen LogP contribution is -2.27. The standard InChI is InChI=1S/C9H16N2/c1-7(5-10)11-6-8-4-9(8,2)3/h7-8,11H,4,6H2,1-3H3. The number of nitrogens with zero attached hydrogens (tertiary/aromatic N) is 1. The Hall–Kier alpha value is -0.550. The molecular weight excluding hydrogens is 136 g/mol. The molecule has 0 aromatic carbocycles. The predicted octanol–water partition coefficient (Wildman–Crippen LogP) is 1.53. The van der Waals surface area contributed by atoms with E-state index < -0.39 is 0 Å². The average molecular weight is 152 g/mol. The van der Waals surface area contributed by atoms with Crippen molar-refractivity contribution in [2.45, 2.75) is 33.2 Å². The molecule has 0 amide bonds. The molecule has 2 nitrogen and oxygen atoms in total. The van der Waals surface area contributed by atoms with Crippen LogP contribution in [-0.4, -0.2) is 12.6 Å². The van der Waals surface area contributed by atoms with Gasteiger partial charge in [-0.1, -0.05) is 13.8 Å². The zero-order chi connectivity index (χ0) is 8.48. The summed E-state index contributed by atoms with van der Waals surface area (Å²) in [4.78, 5) is 0. The van der Waals surface area contributed by atoms with E-state index in [1.54, 1.807) is 0 Å². The van der Waals surface area contributed by atoms with Crippen LogP contribution in [0.4, 0.5) is 0 Å². The van der Waals surface area contributed by atoms with Gasteiger partial charge in [0.05, 0.1) is 12.1 Å². The fourth-order valence-electron chi connectivity index (χ4n) is 1.29. The zero-order valence-corrected chi connectivity index (χ0v) is 7.52. The molecule has 0 spiro atoms. The summed E-state index contributed by atoms with van der Waals surface area (Å²) in [7, 11) is 0. The van der Waals surface area contributed by atoms with E-state index >= 15 is 0 Å². The Morgan fingerprint density at radius 2 is 2.27 bits per heavy atom. The molecule has 11 heavy (non-hydrogen) atoms. The summed E-state index contributed by atoms with van der Waals surface area (Å²) in [5, 5.41) is 11.7. The highest BCUT2D eigenvalue weighted by atomic mass is 14.9. The largest absolute Gasteiger partial charge is 0.302 e. The molecule has 1 N–H and O–H groups in total. The van der Waals surface area contributed by atoms with Crippen LogP contribution in [-0.2, 0) is 0 Å². The third-order valence-electron chi connectivity index (χ3n) is 2.58. The molecule has 0 radical (unpaired) electrons. The Kier molecular flexibility index (Phi) is 2.20. The van der Waals surface area contributed by atoms with Gasteiger partial charge in [0.15, 0.2) is 0 Å². The molecule has 1 saturated carbocycles. The minimum absolute atomic E-state index is 0.00593. The van der Waals surface area contributed by atoms with Crippen LogP contribution in [0.3, 0.4) is 0 Å². The molecule has 2 unspecified atom stereocenters. The number of hydrogen-bond donors (Lipinski definition) is 1.